The number of hydrogen-bond acceptors (Lipinski definition) is 4. The summed E-state index contributed by atoms with van der Waals surface area (Å²) in [5.41, 5.74) is 1.93. The lowest BCUT2D eigenvalue weighted by Gasteiger charge is -2.34. The maximum absolute atomic E-state index is 9.29. The molecule has 6 rings (SSSR count). The quantitative estimate of drug-likeness (QED) is 0.252. The molecular formula is C33H31N3O. The summed E-state index contributed by atoms with van der Waals surface area (Å²) in [6, 6.07) is 15.1. The number of nitriles is 1. The first-order chi connectivity index (χ1) is 21.0. The van der Waals surface area contributed by atoms with Gasteiger partial charge in [0, 0.05) is 32.1 Å². The number of rotatable bonds is 3. The molecule has 1 fully saturated rings. The minimum absolute atomic E-state index is 0.0228. The lowest BCUT2D eigenvalue weighted by molar-refractivity contribution is 0.224. The molecule has 5 aromatic rings. The number of aryl methyl sites for hydroxylation is 2. The Bertz CT molecular complexity index is 2010. The van der Waals surface area contributed by atoms with E-state index in [4.69, 9.17) is 14.0 Å². The maximum atomic E-state index is 9.29. The summed E-state index contributed by atoms with van der Waals surface area (Å²) in [5, 5.41) is 10.7. The zero-order valence-corrected chi connectivity index (χ0v) is 20.8. The monoisotopic (exact) mass is 493 g/mol. The van der Waals surface area contributed by atoms with Crippen molar-refractivity contribution in [3.8, 4) is 28.5 Å². The van der Waals surface area contributed by atoms with Crippen LogP contribution in [0, 0.1) is 30.4 Å². The second-order valence-electron chi connectivity index (χ2n) is 10.5. The van der Waals surface area contributed by atoms with E-state index in [1.54, 1.807) is 24.3 Å². The summed E-state index contributed by atoms with van der Waals surface area (Å²) < 4.78 is 74.5. The Morgan fingerprint density at radius 2 is 1.86 bits per heavy atom. The molecule has 0 atom stereocenters. The molecular weight excluding hydrogens is 454 g/mol. The van der Waals surface area contributed by atoms with Crippen molar-refractivity contribution in [1.82, 2.24) is 9.97 Å². The highest BCUT2D eigenvalue weighted by atomic mass is 16.3. The van der Waals surface area contributed by atoms with Gasteiger partial charge in [0.05, 0.1) is 7.06 Å². The summed E-state index contributed by atoms with van der Waals surface area (Å²) in [4.78, 5) is 8.73. The summed E-state index contributed by atoms with van der Waals surface area (Å²) in [6.07, 6.45) is 3.87. The molecule has 1 aliphatic rings. The van der Waals surface area contributed by atoms with Gasteiger partial charge in [0.1, 0.15) is 17.3 Å². The predicted octanol–water partition coefficient (Wildman–Crippen LogP) is 8.88. The van der Waals surface area contributed by atoms with Crippen molar-refractivity contribution in [3.05, 3.63) is 83.2 Å². The van der Waals surface area contributed by atoms with Crippen LogP contribution in [0.3, 0.4) is 0 Å². The van der Waals surface area contributed by atoms with E-state index in [9.17, 15) is 6.63 Å². The second kappa shape index (κ2) is 8.85. The Morgan fingerprint density at radius 3 is 2.65 bits per heavy atom. The van der Waals surface area contributed by atoms with Crippen molar-refractivity contribution < 1.29 is 15.4 Å². The highest BCUT2D eigenvalue weighted by molar-refractivity contribution is 6.08. The van der Waals surface area contributed by atoms with Gasteiger partial charge in [-0.25, -0.2) is 4.98 Å². The van der Waals surface area contributed by atoms with E-state index < -0.39 is 19.6 Å². The fourth-order valence-electron chi connectivity index (χ4n) is 5.19. The van der Waals surface area contributed by atoms with E-state index in [2.05, 4.69) is 23.8 Å². The van der Waals surface area contributed by atoms with Crippen molar-refractivity contribution in [3.63, 3.8) is 0 Å². The molecule has 37 heavy (non-hydrogen) atoms. The Kier molecular flexibility index (Phi) is 3.83. The van der Waals surface area contributed by atoms with Crippen molar-refractivity contribution in [2.24, 2.45) is 5.41 Å². The molecule has 3 heterocycles. The standard InChI is InChI=1S/C33H31N3O/c1-20-16-23(22-12-14-33(3,4)15-13-22)8-10-25(20)29-17-30(35-19-21(29)2)28-7-5-6-26-27-11-9-24(18-34)36-32(27)37-31(26)28/h5-11,16-17,19,22H,12-15H2,1-4H3/i1D3,2D3,10D,22D. The molecule has 0 amide bonds. The van der Waals surface area contributed by atoms with E-state index in [1.165, 1.54) is 24.4 Å². The number of aromatic nitrogens is 2. The van der Waals surface area contributed by atoms with Gasteiger partial charge in [0.15, 0.2) is 0 Å². The molecule has 4 nitrogen and oxygen atoms in total. The smallest absolute Gasteiger partial charge is 0.228 e. The van der Waals surface area contributed by atoms with Gasteiger partial charge in [-0.05, 0) is 103 Å². The Hall–Kier alpha value is -3.97. The van der Waals surface area contributed by atoms with Gasteiger partial charge in [0.2, 0.25) is 5.71 Å². The van der Waals surface area contributed by atoms with E-state index >= 15 is 0 Å². The Labute approximate surface area is 229 Å². The number of benzene rings is 2. The van der Waals surface area contributed by atoms with E-state index in [0.717, 1.165) is 12.8 Å². The van der Waals surface area contributed by atoms with Crippen molar-refractivity contribution in [1.29, 1.82) is 5.26 Å². The average Bonchev–Trinajstić information content (AvgIpc) is 3.35. The zero-order chi connectivity index (χ0) is 32.5. The minimum atomic E-state index is -2.69. The van der Waals surface area contributed by atoms with Crippen LogP contribution in [-0.4, -0.2) is 9.97 Å². The highest BCUT2D eigenvalue weighted by Crippen LogP contribution is 2.43. The average molecular weight is 494 g/mol. The van der Waals surface area contributed by atoms with Crippen LogP contribution in [0.2, 0.25) is 0 Å². The molecule has 0 bridgehead atoms. The first kappa shape index (κ1) is 16.0. The van der Waals surface area contributed by atoms with Gasteiger partial charge in [-0.2, -0.15) is 5.26 Å². The molecule has 0 saturated heterocycles. The van der Waals surface area contributed by atoms with Crippen LogP contribution in [0.25, 0.3) is 44.5 Å². The largest absolute Gasteiger partial charge is 0.437 e. The van der Waals surface area contributed by atoms with E-state index in [1.807, 2.05) is 12.1 Å². The third kappa shape index (κ3) is 4.19. The normalized spacial score (nSPS) is 20.5. The summed E-state index contributed by atoms with van der Waals surface area (Å²) >= 11 is 0. The third-order valence-corrected chi connectivity index (χ3v) is 7.48. The molecule has 0 radical (unpaired) electrons. The summed E-state index contributed by atoms with van der Waals surface area (Å²) in [7, 11) is 0. The van der Waals surface area contributed by atoms with Gasteiger partial charge in [-0.1, -0.05) is 44.2 Å². The van der Waals surface area contributed by atoms with Gasteiger partial charge >= 0.3 is 0 Å². The van der Waals surface area contributed by atoms with Crippen molar-refractivity contribution in [2.45, 2.75) is 59.1 Å². The predicted molar refractivity (Wildman–Crippen MR) is 149 cm³/mol. The Morgan fingerprint density at radius 1 is 1.03 bits per heavy atom. The molecule has 3 aromatic heterocycles. The number of fused-ring (bicyclic) bond motifs is 3. The van der Waals surface area contributed by atoms with E-state index in [-0.39, 0.29) is 45.1 Å². The van der Waals surface area contributed by atoms with Crippen LogP contribution in [0.15, 0.2) is 65.2 Å². The van der Waals surface area contributed by atoms with Crippen LogP contribution in [0.5, 0.6) is 0 Å². The lowest BCUT2D eigenvalue weighted by atomic mass is 9.71. The van der Waals surface area contributed by atoms with Crippen LogP contribution in [0.4, 0.5) is 0 Å². The minimum Gasteiger partial charge on any atom is -0.437 e. The molecule has 0 aliphatic heterocycles. The molecule has 184 valence electrons. The first-order valence-electron chi connectivity index (χ1n) is 16.4. The van der Waals surface area contributed by atoms with Crippen LogP contribution >= 0.6 is 0 Å². The molecule has 0 spiro atoms. The van der Waals surface area contributed by atoms with E-state index in [0.29, 0.717) is 46.0 Å². The molecule has 1 saturated carbocycles. The fraction of sp³-hybridized carbons (Fsp3) is 0.303. The SMILES string of the molecule is [2H]c1cc(C2([2H])CCC(C)(C)CC2)cc(C([2H])([2H])[2H])c1-c1cc(-c2cccc3c2oc2nc(C#N)ccc23)ncc1C([2H])([2H])[2H]. The molecule has 1 aliphatic carbocycles. The number of furan rings is 1. The first-order valence-corrected chi connectivity index (χ1v) is 12.4. The van der Waals surface area contributed by atoms with Crippen LogP contribution in [-0.2, 0) is 0 Å². The number of para-hydroxylation sites is 1. The number of pyridine rings is 2. The molecule has 2 aromatic carbocycles. The van der Waals surface area contributed by atoms with Gasteiger partial charge < -0.3 is 4.42 Å². The van der Waals surface area contributed by atoms with Crippen molar-refractivity contribution in [2.75, 3.05) is 0 Å². The van der Waals surface area contributed by atoms with Gasteiger partial charge in [-0.3, -0.25) is 4.98 Å². The molecule has 0 unspecified atom stereocenters. The van der Waals surface area contributed by atoms with Crippen molar-refractivity contribution >= 4 is 22.1 Å². The lowest BCUT2D eigenvalue weighted by Crippen LogP contribution is -2.20. The number of nitrogens with zero attached hydrogens (tertiary/aromatic N) is 3. The van der Waals surface area contributed by atoms with Gasteiger partial charge in [0.25, 0.3) is 0 Å². The maximum Gasteiger partial charge on any atom is 0.228 e. The zero-order valence-electron chi connectivity index (χ0n) is 28.8. The molecule has 4 heteroatoms. The van der Waals surface area contributed by atoms with Gasteiger partial charge in [-0.15, -0.1) is 0 Å². The third-order valence-electron chi connectivity index (χ3n) is 7.48. The number of hydrogen-bond donors (Lipinski definition) is 0. The molecule has 0 N–H and O–H groups in total. The van der Waals surface area contributed by atoms with Crippen LogP contribution in [0.1, 0.15) is 78.8 Å². The highest BCUT2D eigenvalue weighted by Gasteiger charge is 2.27. The Balaban J connectivity index is 1.58. The fourth-order valence-corrected chi connectivity index (χ4v) is 5.19. The second-order valence-corrected chi connectivity index (χ2v) is 10.5. The summed E-state index contributed by atoms with van der Waals surface area (Å²) in [5.74, 6) is -1.05. The summed E-state index contributed by atoms with van der Waals surface area (Å²) in [6.45, 7) is -1.04. The topological polar surface area (TPSA) is 62.7 Å². The van der Waals surface area contributed by atoms with Crippen LogP contribution < -0.4 is 0 Å².